The van der Waals surface area contributed by atoms with Gasteiger partial charge >= 0.3 is 0 Å². The van der Waals surface area contributed by atoms with Gasteiger partial charge < -0.3 is 5.32 Å². The Bertz CT molecular complexity index is 205. The topological polar surface area (TPSA) is 15.3 Å². The maximum atomic E-state index is 3.57. The third-order valence-corrected chi connectivity index (χ3v) is 4.47. The van der Waals surface area contributed by atoms with Gasteiger partial charge in [-0.25, -0.2) is 0 Å². The van der Waals surface area contributed by atoms with Crippen molar-refractivity contribution in [3.8, 4) is 0 Å². The van der Waals surface area contributed by atoms with E-state index in [1.807, 2.05) is 0 Å². The molecule has 2 rings (SSSR count). The molecule has 2 heteroatoms. The van der Waals surface area contributed by atoms with Crippen LogP contribution in [0.15, 0.2) is 0 Å². The smallest absolute Gasteiger partial charge is 0.0195 e. The molecule has 1 aliphatic carbocycles. The summed E-state index contributed by atoms with van der Waals surface area (Å²) in [4.78, 5) is 2.80. The zero-order valence-corrected chi connectivity index (χ0v) is 11.0. The lowest BCUT2D eigenvalue weighted by Crippen LogP contribution is -2.50. The number of nitrogens with zero attached hydrogens (tertiary/aromatic N) is 1. The molecule has 0 aromatic carbocycles. The first-order valence-corrected chi connectivity index (χ1v) is 7.29. The van der Waals surface area contributed by atoms with Crippen LogP contribution in [-0.2, 0) is 0 Å². The monoisotopic (exact) mass is 224 g/mol. The van der Waals surface area contributed by atoms with Gasteiger partial charge in [0.2, 0.25) is 0 Å². The van der Waals surface area contributed by atoms with Crippen molar-refractivity contribution in [1.29, 1.82) is 0 Å². The van der Waals surface area contributed by atoms with Gasteiger partial charge in [0.25, 0.3) is 0 Å². The van der Waals surface area contributed by atoms with Crippen LogP contribution in [0.3, 0.4) is 0 Å². The van der Waals surface area contributed by atoms with E-state index in [1.165, 1.54) is 58.2 Å². The summed E-state index contributed by atoms with van der Waals surface area (Å²) in [6, 6.07) is 1.66. The van der Waals surface area contributed by atoms with E-state index in [-0.39, 0.29) is 0 Å². The minimum Gasteiger partial charge on any atom is -0.315 e. The number of likely N-dealkylation sites (tertiary alicyclic amines) is 1. The van der Waals surface area contributed by atoms with E-state index in [1.54, 1.807) is 0 Å². The van der Waals surface area contributed by atoms with Gasteiger partial charge in [0, 0.05) is 18.6 Å². The second kappa shape index (κ2) is 6.02. The van der Waals surface area contributed by atoms with Crippen molar-refractivity contribution in [2.75, 3.05) is 19.6 Å². The molecular formula is C14H28N2. The van der Waals surface area contributed by atoms with E-state index in [9.17, 15) is 0 Å². The summed E-state index contributed by atoms with van der Waals surface area (Å²) in [5.74, 6) is 1.03. The normalized spacial score (nSPS) is 32.6. The number of hydrogen-bond donors (Lipinski definition) is 1. The SMILES string of the molecule is CCCNCC(C)N1CCCC2CCCC21. The second-order valence-corrected chi connectivity index (χ2v) is 5.69. The molecule has 1 N–H and O–H groups in total. The Kier molecular flexibility index (Phi) is 4.66. The Labute approximate surface area is 101 Å². The maximum absolute atomic E-state index is 3.57. The molecule has 1 saturated carbocycles. The van der Waals surface area contributed by atoms with Crippen molar-refractivity contribution in [2.24, 2.45) is 5.92 Å². The van der Waals surface area contributed by atoms with E-state index in [2.05, 4.69) is 24.1 Å². The number of nitrogens with one attached hydrogen (secondary N) is 1. The first-order chi connectivity index (χ1) is 7.83. The lowest BCUT2D eigenvalue weighted by Gasteiger charge is -2.41. The van der Waals surface area contributed by atoms with Gasteiger partial charge in [-0.1, -0.05) is 13.3 Å². The molecule has 94 valence electrons. The zero-order valence-electron chi connectivity index (χ0n) is 11.0. The van der Waals surface area contributed by atoms with Gasteiger partial charge in [-0.05, 0) is 58.0 Å². The molecule has 2 aliphatic rings. The van der Waals surface area contributed by atoms with Crippen LogP contribution in [0.1, 0.15) is 52.4 Å². The van der Waals surface area contributed by atoms with E-state index >= 15 is 0 Å². The van der Waals surface area contributed by atoms with Gasteiger partial charge in [0.05, 0.1) is 0 Å². The van der Waals surface area contributed by atoms with E-state index in [4.69, 9.17) is 0 Å². The first kappa shape index (κ1) is 12.4. The molecule has 3 unspecified atom stereocenters. The molecule has 1 aliphatic heterocycles. The van der Waals surface area contributed by atoms with E-state index in [0.29, 0.717) is 0 Å². The van der Waals surface area contributed by atoms with Crippen LogP contribution in [0.25, 0.3) is 0 Å². The van der Waals surface area contributed by atoms with Gasteiger partial charge in [-0.15, -0.1) is 0 Å². The average Bonchev–Trinajstić information content (AvgIpc) is 2.76. The molecular weight excluding hydrogens is 196 g/mol. The Morgan fingerprint density at radius 3 is 2.88 bits per heavy atom. The molecule has 2 fully saturated rings. The van der Waals surface area contributed by atoms with Crippen LogP contribution >= 0.6 is 0 Å². The average molecular weight is 224 g/mol. The highest BCUT2D eigenvalue weighted by Crippen LogP contribution is 2.37. The van der Waals surface area contributed by atoms with Crippen LogP contribution < -0.4 is 5.32 Å². The molecule has 0 spiro atoms. The summed E-state index contributed by atoms with van der Waals surface area (Å²) < 4.78 is 0. The summed E-state index contributed by atoms with van der Waals surface area (Å²) in [5, 5.41) is 3.57. The molecule has 0 radical (unpaired) electrons. The quantitative estimate of drug-likeness (QED) is 0.722. The Morgan fingerprint density at radius 1 is 1.25 bits per heavy atom. The highest BCUT2D eigenvalue weighted by Gasteiger charge is 2.36. The molecule has 3 atom stereocenters. The van der Waals surface area contributed by atoms with E-state index in [0.717, 1.165) is 18.0 Å². The summed E-state index contributed by atoms with van der Waals surface area (Å²) in [6.07, 6.45) is 8.61. The minimum atomic E-state index is 0.734. The number of fused-ring (bicyclic) bond motifs is 1. The summed E-state index contributed by atoms with van der Waals surface area (Å²) in [6.45, 7) is 8.34. The fourth-order valence-electron chi connectivity index (χ4n) is 3.64. The molecule has 2 nitrogen and oxygen atoms in total. The Hall–Kier alpha value is -0.0800. The van der Waals surface area contributed by atoms with Crippen molar-refractivity contribution < 1.29 is 0 Å². The summed E-state index contributed by atoms with van der Waals surface area (Å²) in [7, 11) is 0. The summed E-state index contributed by atoms with van der Waals surface area (Å²) in [5.41, 5.74) is 0. The number of piperidine rings is 1. The first-order valence-electron chi connectivity index (χ1n) is 7.29. The zero-order chi connectivity index (χ0) is 11.4. The largest absolute Gasteiger partial charge is 0.315 e. The highest BCUT2D eigenvalue weighted by atomic mass is 15.2. The standard InChI is InChI=1S/C14H28N2/c1-3-9-15-11-12(2)16-10-5-7-13-6-4-8-14(13)16/h12-15H,3-11H2,1-2H3. The van der Waals surface area contributed by atoms with Crippen LogP contribution in [-0.4, -0.2) is 36.6 Å². The fraction of sp³-hybridized carbons (Fsp3) is 1.00. The molecule has 16 heavy (non-hydrogen) atoms. The van der Waals surface area contributed by atoms with Crippen LogP contribution in [0.2, 0.25) is 0 Å². The minimum absolute atomic E-state index is 0.734. The molecule has 0 aromatic rings. The molecule has 1 heterocycles. The lowest BCUT2D eigenvalue weighted by atomic mass is 9.91. The summed E-state index contributed by atoms with van der Waals surface area (Å²) >= 11 is 0. The predicted octanol–water partition coefficient (Wildman–Crippen LogP) is 2.64. The molecule has 1 saturated heterocycles. The van der Waals surface area contributed by atoms with Gasteiger partial charge in [0.15, 0.2) is 0 Å². The highest BCUT2D eigenvalue weighted by molar-refractivity contribution is 4.91. The van der Waals surface area contributed by atoms with E-state index < -0.39 is 0 Å². The van der Waals surface area contributed by atoms with Gasteiger partial charge in [-0.3, -0.25) is 4.90 Å². The Balaban J connectivity index is 1.82. The van der Waals surface area contributed by atoms with Gasteiger partial charge in [-0.2, -0.15) is 0 Å². The van der Waals surface area contributed by atoms with Crippen molar-refractivity contribution in [1.82, 2.24) is 10.2 Å². The van der Waals surface area contributed by atoms with Crippen LogP contribution in [0, 0.1) is 5.92 Å². The van der Waals surface area contributed by atoms with Crippen LogP contribution in [0.4, 0.5) is 0 Å². The Morgan fingerprint density at radius 2 is 2.06 bits per heavy atom. The predicted molar refractivity (Wildman–Crippen MR) is 69.7 cm³/mol. The van der Waals surface area contributed by atoms with Crippen molar-refractivity contribution in [3.05, 3.63) is 0 Å². The number of hydrogen-bond acceptors (Lipinski definition) is 2. The fourth-order valence-corrected chi connectivity index (χ4v) is 3.64. The van der Waals surface area contributed by atoms with Crippen molar-refractivity contribution in [3.63, 3.8) is 0 Å². The lowest BCUT2D eigenvalue weighted by molar-refractivity contribution is 0.0745. The molecule has 0 aromatic heterocycles. The number of rotatable bonds is 5. The van der Waals surface area contributed by atoms with Gasteiger partial charge in [0.1, 0.15) is 0 Å². The molecule has 0 bridgehead atoms. The van der Waals surface area contributed by atoms with Crippen LogP contribution in [0.5, 0.6) is 0 Å². The van der Waals surface area contributed by atoms with Crippen molar-refractivity contribution >= 4 is 0 Å². The third kappa shape index (κ3) is 2.78. The molecule has 0 amide bonds. The maximum Gasteiger partial charge on any atom is 0.0195 e. The third-order valence-electron chi connectivity index (χ3n) is 4.47. The van der Waals surface area contributed by atoms with Crippen molar-refractivity contribution in [2.45, 2.75) is 64.5 Å². The second-order valence-electron chi connectivity index (χ2n) is 5.69.